The van der Waals surface area contributed by atoms with Crippen molar-refractivity contribution in [3.63, 3.8) is 0 Å². The molecule has 0 aliphatic carbocycles. The first-order valence-corrected chi connectivity index (χ1v) is 7.85. The highest BCUT2D eigenvalue weighted by atomic mass is 32.2. The first-order chi connectivity index (χ1) is 8.85. The minimum absolute atomic E-state index is 0.0959. The summed E-state index contributed by atoms with van der Waals surface area (Å²) in [6.07, 6.45) is 1.83. The molecule has 106 valence electrons. The summed E-state index contributed by atoms with van der Waals surface area (Å²) in [6, 6.07) is 3.80. The lowest BCUT2D eigenvalue weighted by atomic mass is 9.94. The van der Waals surface area contributed by atoms with Gasteiger partial charge in [0.25, 0.3) is 0 Å². The smallest absolute Gasteiger partial charge is 0.245 e. The van der Waals surface area contributed by atoms with Crippen LogP contribution in [0, 0.1) is 11.7 Å². The van der Waals surface area contributed by atoms with Crippen molar-refractivity contribution in [1.82, 2.24) is 4.31 Å². The average molecular weight is 286 g/mol. The van der Waals surface area contributed by atoms with Gasteiger partial charge in [0.05, 0.1) is 5.69 Å². The number of piperidine rings is 1. The van der Waals surface area contributed by atoms with Gasteiger partial charge in [-0.3, -0.25) is 0 Å². The number of hydrogen-bond donors (Lipinski definition) is 1. The molecule has 1 heterocycles. The molecule has 0 radical (unpaired) electrons. The fourth-order valence-electron chi connectivity index (χ4n) is 2.51. The molecule has 1 fully saturated rings. The van der Waals surface area contributed by atoms with E-state index in [1.165, 1.54) is 16.4 Å². The van der Waals surface area contributed by atoms with Gasteiger partial charge in [0, 0.05) is 12.6 Å². The summed E-state index contributed by atoms with van der Waals surface area (Å²) in [5.41, 5.74) is 5.28. The van der Waals surface area contributed by atoms with E-state index in [0.29, 0.717) is 12.5 Å². The number of sulfonamides is 1. The second-order valence-corrected chi connectivity index (χ2v) is 6.99. The standard InChI is InChI=1S/C13H19FN2O2S/c1-9-5-4-8-16(10(9)2)19(17,18)12-7-3-6-11(14)13(12)15/h3,6-7,9-10H,4-5,8,15H2,1-2H3. The Hall–Kier alpha value is -1.14. The van der Waals surface area contributed by atoms with E-state index in [4.69, 9.17) is 5.73 Å². The zero-order valence-electron chi connectivity index (χ0n) is 11.1. The third-order valence-corrected chi connectivity index (χ3v) is 5.96. The lowest BCUT2D eigenvalue weighted by Crippen LogP contribution is -2.46. The van der Waals surface area contributed by atoms with E-state index >= 15 is 0 Å². The maximum atomic E-state index is 13.4. The second kappa shape index (κ2) is 5.09. The summed E-state index contributed by atoms with van der Waals surface area (Å²) in [5.74, 6) is -0.405. The summed E-state index contributed by atoms with van der Waals surface area (Å²) < 4.78 is 40.1. The Morgan fingerprint density at radius 1 is 1.37 bits per heavy atom. The zero-order valence-corrected chi connectivity index (χ0v) is 12.0. The van der Waals surface area contributed by atoms with Crippen LogP contribution in [0.1, 0.15) is 26.7 Å². The third kappa shape index (κ3) is 2.47. The molecule has 0 spiro atoms. The maximum absolute atomic E-state index is 13.4. The quantitative estimate of drug-likeness (QED) is 0.848. The van der Waals surface area contributed by atoms with Crippen LogP contribution in [0.5, 0.6) is 0 Å². The Morgan fingerprint density at radius 3 is 2.74 bits per heavy atom. The Labute approximate surface area is 113 Å². The van der Waals surface area contributed by atoms with E-state index < -0.39 is 15.8 Å². The van der Waals surface area contributed by atoms with Crippen molar-refractivity contribution < 1.29 is 12.8 Å². The van der Waals surface area contributed by atoms with Crippen LogP contribution in [0.3, 0.4) is 0 Å². The van der Waals surface area contributed by atoms with Crippen LogP contribution in [-0.4, -0.2) is 25.3 Å². The first-order valence-electron chi connectivity index (χ1n) is 6.41. The predicted octanol–water partition coefficient (Wildman–Crippen LogP) is 2.22. The van der Waals surface area contributed by atoms with Gasteiger partial charge in [-0.2, -0.15) is 4.31 Å². The molecule has 1 aromatic carbocycles. The van der Waals surface area contributed by atoms with Gasteiger partial charge in [0.15, 0.2) is 0 Å². The van der Waals surface area contributed by atoms with Crippen molar-refractivity contribution in [2.45, 2.75) is 37.6 Å². The van der Waals surface area contributed by atoms with Crippen molar-refractivity contribution in [2.75, 3.05) is 12.3 Å². The van der Waals surface area contributed by atoms with Crippen LogP contribution in [0.2, 0.25) is 0 Å². The number of halogens is 1. The zero-order chi connectivity index (χ0) is 14.2. The first kappa shape index (κ1) is 14.3. The third-order valence-electron chi connectivity index (χ3n) is 3.92. The van der Waals surface area contributed by atoms with E-state index in [1.54, 1.807) is 0 Å². The predicted molar refractivity (Wildman–Crippen MR) is 72.6 cm³/mol. The molecule has 1 saturated heterocycles. The van der Waals surface area contributed by atoms with Gasteiger partial charge in [-0.25, -0.2) is 12.8 Å². The fraction of sp³-hybridized carbons (Fsp3) is 0.538. The van der Waals surface area contributed by atoms with Crippen molar-refractivity contribution in [3.8, 4) is 0 Å². The lowest BCUT2D eigenvalue weighted by Gasteiger charge is -2.36. The molecule has 1 aliphatic rings. The number of hydrogen-bond acceptors (Lipinski definition) is 3. The van der Waals surface area contributed by atoms with Crippen molar-refractivity contribution in [3.05, 3.63) is 24.0 Å². The molecular formula is C13H19FN2O2S. The van der Waals surface area contributed by atoms with Crippen LogP contribution in [0.4, 0.5) is 10.1 Å². The van der Waals surface area contributed by atoms with Gasteiger partial charge in [-0.1, -0.05) is 13.0 Å². The van der Waals surface area contributed by atoms with Crippen LogP contribution in [0.25, 0.3) is 0 Å². The van der Waals surface area contributed by atoms with E-state index in [2.05, 4.69) is 0 Å². The van der Waals surface area contributed by atoms with Gasteiger partial charge < -0.3 is 5.73 Å². The van der Waals surface area contributed by atoms with Crippen molar-refractivity contribution >= 4 is 15.7 Å². The Morgan fingerprint density at radius 2 is 2.05 bits per heavy atom. The normalized spacial score (nSPS) is 25.4. The summed E-state index contributed by atoms with van der Waals surface area (Å²) in [4.78, 5) is -0.131. The molecule has 0 bridgehead atoms. The molecule has 0 aromatic heterocycles. The molecule has 2 N–H and O–H groups in total. The monoisotopic (exact) mass is 286 g/mol. The summed E-state index contributed by atoms with van der Waals surface area (Å²) >= 11 is 0. The second-order valence-electron chi connectivity index (χ2n) is 5.13. The molecule has 1 aromatic rings. The van der Waals surface area contributed by atoms with Crippen LogP contribution in [0.15, 0.2) is 23.1 Å². The molecule has 6 heteroatoms. The summed E-state index contributed by atoms with van der Waals surface area (Å²) in [7, 11) is -3.73. The highest BCUT2D eigenvalue weighted by Gasteiger charge is 2.35. The number of nitrogens with zero attached hydrogens (tertiary/aromatic N) is 1. The molecule has 2 rings (SSSR count). The number of benzene rings is 1. The van der Waals surface area contributed by atoms with Gasteiger partial charge >= 0.3 is 0 Å². The summed E-state index contributed by atoms with van der Waals surface area (Å²) in [6.45, 7) is 4.38. The Bertz CT molecular complexity index is 574. The van der Waals surface area contributed by atoms with E-state index in [-0.39, 0.29) is 16.6 Å². The number of rotatable bonds is 2. The van der Waals surface area contributed by atoms with Crippen LogP contribution < -0.4 is 5.73 Å². The molecule has 2 atom stereocenters. The fourth-order valence-corrected chi connectivity index (χ4v) is 4.40. The number of anilines is 1. The highest BCUT2D eigenvalue weighted by Crippen LogP contribution is 2.31. The molecular weight excluding hydrogens is 267 g/mol. The number of nitrogen functional groups attached to an aromatic ring is 1. The van der Waals surface area contributed by atoms with Crippen LogP contribution >= 0.6 is 0 Å². The molecule has 0 saturated carbocycles. The minimum Gasteiger partial charge on any atom is -0.395 e. The van der Waals surface area contributed by atoms with Gasteiger partial charge in [0.1, 0.15) is 10.7 Å². The molecule has 1 aliphatic heterocycles. The molecule has 0 amide bonds. The van der Waals surface area contributed by atoms with Gasteiger partial charge in [-0.15, -0.1) is 0 Å². The molecule has 19 heavy (non-hydrogen) atoms. The van der Waals surface area contributed by atoms with Gasteiger partial charge in [-0.05, 0) is 37.8 Å². The summed E-state index contributed by atoms with van der Waals surface area (Å²) in [5, 5.41) is 0. The highest BCUT2D eigenvalue weighted by molar-refractivity contribution is 7.89. The maximum Gasteiger partial charge on any atom is 0.245 e. The van der Waals surface area contributed by atoms with Crippen LogP contribution in [-0.2, 0) is 10.0 Å². The van der Waals surface area contributed by atoms with Gasteiger partial charge in [0.2, 0.25) is 10.0 Å². The Balaban J connectivity index is 2.45. The number of para-hydroxylation sites is 1. The van der Waals surface area contributed by atoms with Crippen molar-refractivity contribution in [2.24, 2.45) is 5.92 Å². The molecule has 2 unspecified atom stereocenters. The lowest BCUT2D eigenvalue weighted by molar-refractivity contribution is 0.202. The van der Waals surface area contributed by atoms with E-state index in [0.717, 1.165) is 18.9 Å². The number of nitrogens with two attached hydrogens (primary N) is 1. The average Bonchev–Trinajstić information content (AvgIpc) is 2.35. The molecule has 4 nitrogen and oxygen atoms in total. The topological polar surface area (TPSA) is 63.4 Å². The van der Waals surface area contributed by atoms with E-state index in [9.17, 15) is 12.8 Å². The van der Waals surface area contributed by atoms with Crippen molar-refractivity contribution in [1.29, 1.82) is 0 Å². The minimum atomic E-state index is -3.73. The Kier molecular flexibility index (Phi) is 3.82. The largest absolute Gasteiger partial charge is 0.395 e. The SMILES string of the molecule is CC1CCCN(S(=O)(=O)c2cccc(F)c2N)C1C. The van der Waals surface area contributed by atoms with E-state index in [1.807, 2.05) is 13.8 Å².